The van der Waals surface area contributed by atoms with Gasteiger partial charge < -0.3 is 10.1 Å². The van der Waals surface area contributed by atoms with Crippen LogP contribution >= 0.6 is 15.9 Å². The molecule has 3 aromatic rings. The summed E-state index contributed by atoms with van der Waals surface area (Å²) in [5.41, 5.74) is -0.611. The molecule has 4 nitrogen and oxygen atoms in total. The second-order valence-electron chi connectivity index (χ2n) is 4.72. The van der Waals surface area contributed by atoms with Gasteiger partial charge in [-0.25, -0.2) is 0 Å². The third-order valence-electron chi connectivity index (χ3n) is 3.18. The quantitative estimate of drug-likeness (QED) is 0.518. The van der Waals surface area contributed by atoms with Crippen molar-refractivity contribution in [3.8, 4) is 5.88 Å². The van der Waals surface area contributed by atoms with Crippen molar-refractivity contribution in [2.45, 2.75) is 6.18 Å². The number of rotatable bonds is 2. The van der Waals surface area contributed by atoms with Crippen molar-refractivity contribution in [1.82, 2.24) is 4.98 Å². The second kappa shape index (κ2) is 5.69. The second-order valence-corrected chi connectivity index (χ2v) is 5.64. The number of hydrogen-bond donors (Lipinski definition) is 2. The number of aromatic hydroxyl groups is 1. The number of hydrogen-bond acceptors (Lipinski definition) is 3. The van der Waals surface area contributed by atoms with Crippen LogP contribution in [0, 0.1) is 0 Å². The third-order valence-corrected chi connectivity index (χ3v) is 3.71. The Hall–Kier alpha value is -2.35. The Kier molecular flexibility index (Phi) is 3.85. The number of azo groups is 1. The zero-order valence-electron chi connectivity index (χ0n) is 11.4. The average Bonchev–Trinajstić information content (AvgIpc) is 2.81. The lowest BCUT2D eigenvalue weighted by Crippen LogP contribution is -2.05. The number of aromatic nitrogens is 1. The van der Waals surface area contributed by atoms with Crippen LogP contribution in [0.5, 0.6) is 5.88 Å². The summed E-state index contributed by atoms with van der Waals surface area (Å²) in [7, 11) is 0. The van der Waals surface area contributed by atoms with Gasteiger partial charge >= 0.3 is 6.18 Å². The molecule has 0 aliphatic rings. The molecule has 3 rings (SSSR count). The monoisotopic (exact) mass is 383 g/mol. The van der Waals surface area contributed by atoms with E-state index >= 15 is 0 Å². The molecule has 8 heteroatoms. The zero-order chi connectivity index (χ0) is 16.6. The summed E-state index contributed by atoms with van der Waals surface area (Å²) < 4.78 is 39.8. The first kappa shape index (κ1) is 15.5. The molecule has 2 aromatic carbocycles. The van der Waals surface area contributed by atoms with Crippen molar-refractivity contribution in [2.24, 2.45) is 10.2 Å². The number of halogens is 4. The van der Waals surface area contributed by atoms with Gasteiger partial charge in [0.25, 0.3) is 0 Å². The van der Waals surface area contributed by atoms with E-state index in [1.807, 2.05) is 0 Å². The van der Waals surface area contributed by atoms with Gasteiger partial charge in [0.2, 0.25) is 5.88 Å². The summed E-state index contributed by atoms with van der Waals surface area (Å²) in [5, 5.41) is 17.8. The van der Waals surface area contributed by atoms with Crippen LogP contribution in [0.4, 0.5) is 24.5 Å². The van der Waals surface area contributed by atoms with E-state index in [1.165, 1.54) is 12.1 Å². The van der Waals surface area contributed by atoms with E-state index in [0.29, 0.717) is 5.69 Å². The maximum atomic E-state index is 13.0. The molecule has 0 unspecified atom stereocenters. The van der Waals surface area contributed by atoms with Gasteiger partial charge in [-0.1, -0.05) is 28.1 Å². The number of para-hydroxylation sites is 1. The maximum Gasteiger partial charge on any atom is 0.418 e. The van der Waals surface area contributed by atoms with E-state index in [2.05, 4.69) is 31.1 Å². The number of H-pyrrole nitrogens is 1. The maximum absolute atomic E-state index is 13.0. The summed E-state index contributed by atoms with van der Waals surface area (Å²) in [6, 6.07) is 10.5. The van der Waals surface area contributed by atoms with Gasteiger partial charge in [0, 0.05) is 9.86 Å². The average molecular weight is 384 g/mol. The molecule has 0 atom stereocenters. The van der Waals surface area contributed by atoms with E-state index in [4.69, 9.17) is 0 Å². The predicted molar refractivity (Wildman–Crippen MR) is 83.3 cm³/mol. The number of alkyl halides is 3. The molecule has 0 aliphatic heterocycles. The van der Waals surface area contributed by atoms with E-state index < -0.39 is 17.6 Å². The summed E-state index contributed by atoms with van der Waals surface area (Å²) in [6.45, 7) is 0. The molecule has 0 fully saturated rings. The van der Waals surface area contributed by atoms with Gasteiger partial charge in [-0.15, -0.1) is 5.11 Å². The summed E-state index contributed by atoms with van der Waals surface area (Å²) in [6.07, 6.45) is -4.53. The number of fused-ring (bicyclic) bond motifs is 1. The standard InChI is InChI=1S/C15H9BrF3N3O/c16-8-4-6-9(7-5-8)21-22-13-10-2-1-3-11(15(17,18)19)12(10)20-14(13)23/h1-7,20,23H. The highest BCUT2D eigenvalue weighted by molar-refractivity contribution is 9.10. The Morgan fingerprint density at radius 2 is 1.70 bits per heavy atom. The van der Waals surface area contributed by atoms with Gasteiger partial charge in [0.15, 0.2) is 5.69 Å². The van der Waals surface area contributed by atoms with Gasteiger partial charge in [0.05, 0.1) is 16.8 Å². The number of benzene rings is 2. The molecular weight excluding hydrogens is 375 g/mol. The fourth-order valence-electron chi connectivity index (χ4n) is 2.14. The molecule has 23 heavy (non-hydrogen) atoms. The molecule has 0 bridgehead atoms. The van der Waals surface area contributed by atoms with Crippen LogP contribution in [0.1, 0.15) is 5.56 Å². The number of nitrogens with one attached hydrogen (secondary N) is 1. The lowest BCUT2D eigenvalue weighted by molar-refractivity contribution is -0.136. The van der Waals surface area contributed by atoms with Crippen molar-refractivity contribution in [2.75, 3.05) is 0 Å². The highest BCUT2D eigenvalue weighted by Gasteiger charge is 2.34. The first-order valence-electron chi connectivity index (χ1n) is 6.44. The Bertz CT molecular complexity index is 885. The Balaban J connectivity index is 2.08. The molecule has 0 saturated heterocycles. The minimum Gasteiger partial charge on any atom is -0.493 e. The van der Waals surface area contributed by atoms with Crippen LogP contribution in [-0.4, -0.2) is 10.1 Å². The van der Waals surface area contributed by atoms with Gasteiger partial charge in [-0.05, 0) is 30.3 Å². The summed E-state index contributed by atoms with van der Waals surface area (Å²) in [4.78, 5) is 2.32. The lowest BCUT2D eigenvalue weighted by atomic mass is 10.1. The molecule has 0 radical (unpaired) electrons. The lowest BCUT2D eigenvalue weighted by Gasteiger charge is -2.06. The molecule has 0 spiro atoms. The van der Waals surface area contributed by atoms with Crippen LogP contribution in [0.15, 0.2) is 57.2 Å². The van der Waals surface area contributed by atoms with Crippen LogP contribution in [0.3, 0.4) is 0 Å². The number of aromatic amines is 1. The molecule has 1 heterocycles. The zero-order valence-corrected chi connectivity index (χ0v) is 13.0. The minimum atomic E-state index is -4.53. The van der Waals surface area contributed by atoms with Crippen LogP contribution < -0.4 is 0 Å². The first-order valence-corrected chi connectivity index (χ1v) is 7.24. The molecule has 0 saturated carbocycles. The van der Waals surface area contributed by atoms with E-state index in [-0.39, 0.29) is 16.6 Å². The van der Waals surface area contributed by atoms with E-state index in [0.717, 1.165) is 10.5 Å². The van der Waals surface area contributed by atoms with Crippen molar-refractivity contribution < 1.29 is 18.3 Å². The fourth-order valence-corrected chi connectivity index (χ4v) is 2.41. The summed E-state index contributed by atoms with van der Waals surface area (Å²) in [5.74, 6) is -0.461. The van der Waals surface area contributed by atoms with E-state index in [1.54, 1.807) is 24.3 Å². The third kappa shape index (κ3) is 3.07. The normalized spacial score (nSPS) is 12.3. The van der Waals surface area contributed by atoms with E-state index in [9.17, 15) is 18.3 Å². The Morgan fingerprint density at radius 1 is 1.00 bits per heavy atom. The largest absolute Gasteiger partial charge is 0.493 e. The minimum absolute atomic E-state index is 0.0333. The van der Waals surface area contributed by atoms with Crippen molar-refractivity contribution in [3.63, 3.8) is 0 Å². The smallest absolute Gasteiger partial charge is 0.418 e. The first-order chi connectivity index (χ1) is 10.9. The number of nitrogens with zero attached hydrogens (tertiary/aromatic N) is 2. The predicted octanol–water partition coefficient (Wildman–Crippen LogP) is 6.07. The van der Waals surface area contributed by atoms with Crippen molar-refractivity contribution >= 4 is 38.2 Å². The Morgan fingerprint density at radius 3 is 2.35 bits per heavy atom. The van der Waals surface area contributed by atoms with Crippen LogP contribution in [0.25, 0.3) is 10.9 Å². The molecule has 118 valence electrons. The molecule has 2 N–H and O–H groups in total. The molecule has 0 amide bonds. The van der Waals surface area contributed by atoms with Crippen LogP contribution in [-0.2, 0) is 6.18 Å². The topological polar surface area (TPSA) is 60.7 Å². The van der Waals surface area contributed by atoms with Gasteiger partial charge in [-0.2, -0.15) is 18.3 Å². The van der Waals surface area contributed by atoms with Gasteiger partial charge in [-0.3, -0.25) is 0 Å². The van der Waals surface area contributed by atoms with Crippen LogP contribution in [0.2, 0.25) is 0 Å². The Labute approximate surface area is 136 Å². The highest BCUT2D eigenvalue weighted by atomic mass is 79.9. The molecular formula is C15H9BrF3N3O. The SMILES string of the molecule is Oc1[nH]c2c(C(F)(F)F)cccc2c1N=Nc1ccc(Br)cc1. The highest BCUT2D eigenvalue weighted by Crippen LogP contribution is 2.42. The molecule has 1 aromatic heterocycles. The van der Waals surface area contributed by atoms with Gasteiger partial charge in [0.1, 0.15) is 0 Å². The van der Waals surface area contributed by atoms with Crippen molar-refractivity contribution in [1.29, 1.82) is 0 Å². The summed E-state index contributed by atoms with van der Waals surface area (Å²) >= 11 is 3.28. The molecule has 0 aliphatic carbocycles. The van der Waals surface area contributed by atoms with Crippen molar-refractivity contribution in [3.05, 3.63) is 52.5 Å². The fraction of sp³-hybridized carbons (Fsp3) is 0.0667.